The maximum absolute atomic E-state index is 11.1. The summed E-state index contributed by atoms with van der Waals surface area (Å²) >= 11 is 0. The first kappa shape index (κ1) is 24.4. The zero-order valence-corrected chi connectivity index (χ0v) is 15.9. The SMILES string of the molecule is O=BOB1OB(OB=O)OB2OB([O-])OB([O-])OB(O1)O2.[Na+].[Na+]. The molecule has 2 aliphatic heterocycles. The Morgan fingerprint density at radius 1 is 0.652 bits per heavy atom. The molecule has 104 valence electrons. The third-order valence-electron chi connectivity index (χ3n) is 1.89. The van der Waals surface area contributed by atoms with Crippen molar-refractivity contribution in [1.82, 2.24) is 0 Å². The summed E-state index contributed by atoms with van der Waals surface area (Å²) in [5.74, 6) is 0. The van der Waals surface area contributed by atoms with E-state index in [0.717, 1.165) is 0 Å². The van der Waals surface area contributed by atoms with Gasteiger partial charge in [0, 0.05) is 0 Å². The predicted molar refractivity (Wildman–Crippen MR) is 57.2 cm³/mol. The second kappa shape index (κ2) is 12.7. The molecule has 0 aromatic carbocycles. The van der Waals surface area contributed by atoms with Crippen LogP contribution in [0.5, 0.6) is 0 Å². The van der Waals surface area contributed by atoms with Crippen LogP contribution in [0.3, 0.4) is 0 Å². The summed E-state index contributed by atoms with van der Waals surface area (Å²) < 4.78 is 61.3. The first-order chi connectivity index (χ1) is 10.1. The van der Waals surface area contributed by atoms with Crippen molar-refractivity contribution in [3.8, 4) is 0 Å². The van der Waals surface area contributed by atoms with Crippen molar-refractivity contribution in [3.63, 3.8) is 0 Å². The van der Waals surface area contributed by atoms with E-state index in [9.17, 15) is 19.5 Å². The minimum atomic E-state index is -2.31. The van der Waals surface area contributed by atoms with Crippen LogP contribution in [-0.4, -0.2) is 58.6 Å². The van der Waals surface area contributed by atoms with Gasteiger partial charge in [-0.25, -0.2) is 0 Å². The smallest absolute Gasteiger partial charge is 1.00 e. The quantitative estimate of drug-likeness (QED) is 0.443. The van der Waals surface area contributed by atoms with Crippen molar-refractivity contribution >= 4 is 58.6 Å². The molecule has 0 aromatic rings. The fourth-order valence-corrected chi connectivity index (χ4v) is 1.17. The van der Waals surface area contributed by atoms with E-state index in [1.807, 2.05) is 0 Å². The van der Waals surface area contributed by atoms with E-state index < -0.39 is 43.9 Å². The monoisotopic (exact) mass is 342 g/mol. The van der Waals surface area contributed by atoms with Gasteiger partial charge >= 0.3 is 178 Å². The van der Waals surface area contributed by atoms with Crippen LogP contribution in [0.4, 0.5) is 0 Å². The van der Waals surface area contributed by atoms with Crippen LogP contribution in [0.25, 0.3) is 0 Å². The van der Waals surface area contributed by atoms with Gasteiger partial charge in [-0.15, -0.1) is 0 Å². The first-order valence-electron chi connectivity index (χ1n) is 5.19. The number of rotatable bonds is 4. The van der Waals surface area contributed by atoms with Gasteiger partial charge in [-0.3, -0.25) is 0 Å². The Morgan fingerprint density at radius 3 is 1.48 bits per heavy atom. The molecular weight excluding hydrogens is 340 g/mol. The molecule has 2 fully saturated rings. The molecule has 0 unspecified atom stereocenters. The van der Waals surface area contributed by atoms with E-state index in [4.69, 9.17) is 18.3 Å². The van der Waals surface area contributed by atoms with Crippen molar-refractivity contribution in [2.24, 2.45) is 0 Å². The molecule has 0 saturated carbocycles. The third kappa shape index (κ3) is 8.52. The maximum Gasteiger partial charge on any atom is 1.00 e. The Labute approximate surface area is 177 Å². The molecule has 0 amide bonds. The zero-order valence-electron chi connectivity index (χ0n) is 11.9. The van der Waals surface area contributed by atoms with E-state index in [2.05, 4.69) is 22.9 Å². The van der Waals surface area contributed by atoms with Gasteiger partial charge in [-0.2, -0.15) is 0 Å². The molecule has 0 aliphatic carbocycles. The average molecular weight is 340 g/mol. The van der Waals surface area contributed by atoms with Crippen molar-refractivity contribution in [3.05, 3.63) is 0 Å². The molecule has 0 aromatic heterocycles. The number of hydrogen-bond acceptors (Lipinski definition) is 13. The fourth-order valence-electron chi connectivity index (χ4n) is 1.17. The molecule has 2 saturated heterocycles. The Balaban J connectivity index is 0.00000242. The van der Waals surface area contributed by atoms with Gasteiger partial charge in [0.2, 0.25) is 0 Å². The summed E-state index contributed by atoms with van der Waals surface area (Å²) in [7, 11) is -12.0. The van der Waals surface area contributed by atoms with Crippen molar-refractivity contribution in [2.75, 3.05) is 0 Å². The van der Waals surface area contributed by atoms with Gasteiger partial charge < -0.3 is 0 Å². The minimum absolute atomic E-state index is 0. The largest absolute Gasteiger partial charge is 1.00 e. The average Bonchev–Trinajstić information content (AvgIpc) is 2.34. The molecule has 0 N–H and O–H groups in total. The van der Waals surface area contributed by atoms with Crippen molar-refractivity contribution < 1.29 is 120 Å². The van der Waals surface area contributed by atoms with E-state index in [-0.39, 0.29) is 73.8 Å². The molecule has 2 aliphatic rings. The standard InChI is InChI=1S/B8O13.2Na/c9-1-13-5-18-6(14-2-10)20-8-17-4(12)15-3(11)16-7(19-5)21-8;;/q-2;2*+1. The van der Waals surface area contributed by atoms with Crippen LogP contribution >= 0.6 is 0 Å². The van der Waals surface area contributed by atoms with E-state index in [1.54, 1.807) is 0 Å². The molecule has 0 radical (unpaired) electrons. The van der Waals surface area contributed by atoms with Gasteiger partial charge in [-0.05, 0) is 0 Å². The minimum Gasteiger partial charge on any atom is 1.00 e. The van der Waals surface area contributed by atoms with E-state index in [1.165, 1.54) is 0 Å². The summed E-state index contributed by atoms with van der Waals surface area (Å²) in [4.78, 5) is 0. The first-order valence-corrected chi connectivity index (χ1v) is 5.19. The van der Waals surface area contributed by atoms with E-state index in [0.29, 0.717) is 0 Å². The Hall–Kier alpha value is 1.36. The second-order valence-electron chi connectivity index (χ2n) is 3.15. The van der Waals surface area contributed by atoms with Crippen LogP contribution < -0.4 is 69.2 Å². The molecule has 2 rings (SSSR count). The van der Waals surface area contributed by atoms with Gasteiger partial charge in [0.25, 0.3) is 0 Å². The van der Waals surface area contributed by atoms with Crippen LogP contribution in [0.1, 0.15) is 0 Å². The summed E-state index contributed by atoms with van der Waals surface area (Å²) in [6.45, 7) is 0. The molecule has 0 atom stereocenters. The van der Waals surface area contributed by atoms with Crippen LogP contribution in [0.15, 0.2) is 0 Å². The summed E-state index contributed by atoms with van der Waals surface area (Å²) in [6, 6.07) is 0. The zero-order chi connectivity index (χ0) is 15.2. The molecule has 23 heavy (non-hydrogen) atoms. The summed E-state index contributed by atoms with van der Waals surface area (Å²) in [5.41, 5.74) is 0. The normalized spacial score (nSPS) is 18.2. The fraction of sp³-hybridized carbons (Fsp3) is 0. The Morgan fingerprint density at radius 2 is 1.09 bits per heavy atom. The molecule has 23 heteroatoms. The third-order valence-corrected chi connectivity index (χ3v) is 1.89. The van der Waals surface area contributed by atoms with Crippen LogP contribution in [0, 0.1) is 0 Å². The molecule has 0 spiro atoms. The van der Waals surface area contributed by atoms with Gasteiger partial charge in [0.05, 0.1) is 0 Å². The summed E-state index contributed by atoms with van der Waals surface area (Å²) in [6.07, 6.45) is 0. The van der Waals surface area contributed by atoms with Crippen molar-refractivity contribution in [1.29, 1.82) is 0 Å². The Bertz CT molecular complexity index is 329. The topological polar surface area (TPSA) is 163 Å². The second-order valence-corrected chi connectivity index (χ2v) is 3.15. The Kier molecular flexibility index (Phi) is 13.4. The van der Waals surface area contributed by atoms with Gasteiger partial charge in [0.1, 0.15) is 0 Å². The maximum atomic E-state index is 11.1. The van der Waals surface area contributed by atoms with Crippen LogP contribution in [0.2, 0.25) is 0 Å². The van der Waals surface area contributed by atoms with Gasteiger partial charge in [0.15, 0.2) is 0 Å². The number of hydrogen-bond donors (Lipinski definition) is 0. The van der Waals surface area contributed by atoms with Crippen LogP contribution in [-0.2, 0) is 50.6 Å². The summed E-state index contributed by atoms with van der Waals surface area (Å²) in [5, 5.41) is 22.2. The predicted octanol–water partition coefficient (Wildman–Crippen LogP) is -12.3. The molecular formula is B8Na2O13. The molecule has 2 bridgehead atoms. The number of fused-ring (bicyclic) bond motifs is 2. The van der Waals surface area contributed by atoms with Crippen molar-refractivity contribution in [2.45, 2.75) is 0 Å². The molecule has 13 nitrogen and oxygen atoms in total. The van der Waals surface area contributed by atoms with E-state index >= 15 is 0 Å². The van der Waals surface area contributed by atoms with Gasteiger partial charge in [-0.1, -0.05) is 0 Å². The molecule has 2 heterocycles.